The lowest BCUT2D eigenvalue weighted by Crippen LogP contribution is -2.46. The van der Waals surface area contributed by atoms with Crippen molar-refractivity contribution in [2.45, 2.75) is 12.8 Å². The summed E-state index contributed by atoms with van der Waals surface area (Å²) in [6.45, 7) is 6.73. The van der Waals surface area contributed by atoms with Crippen molar-refractivity contribution in [3.8, 4) is 0 Å². The summed E-state index contributed by atoms with van der Waals surface area (Å²) in [7, 11) is 0. The molecule has 29 heavy (non-hydrogen) atoms. The van der Waals surface area contributed by atoms with Crippen LogP contribution in [0.1, 0.15) is 12.8 Å². The maximum Gasteiger partial charge on any atom is 0.0782 e. The molecule has 0 saturated carbocycles. The molecule has 0 aromatic heterocycles. The van der Waals surface area contributed by atoms with Crippen LogP contribution in [0.3, 0.4) is 0 Å². The van der Waals surface area contributed by atoms with E-state index < -0.39 is 0 Å². The highest BCUT2D eigenvalue weighted by Gasteiger charge is 2.19. The van der Waals surface area contributed by atoms with Gasteiger partial charge in [0.2, 0.25) is 0 Å². The van der Waals surface area contributed by atoms with Crippen LogP contribution in [-0.4, -0.2) is 44.2 Å². The number of hydrazine groups is 2. The number of hydrogen-bond acceptors (Lipinski definition) is 5. The largest absolute Gasteiger partial charge is 0.368 e. The highest BCUT2D eigenvalue weighted by atomic mass is 15.7. The molecule has 0 amide bonds. The van der Waals surface area contributed by atoms with E-state index in [-0.39, 0.29) is 0 Å². The van der Waals surface area contributed by atoms with Crippen molar-refractivity contribution in [1.82, 2.24) is 10.4 Å². The molecular weight excluding hydrogens is 358 g/mol. The zero-order valence-electron chi connectivity index (χ0n) is 16.8. The van der Waals surface area contributed by atoms with Gasteiger partial charge in [-0.15, -0.1) is 5.53 Å². The van der Waals surface area contributed by atoms with Crippen LogP contribution >= 0.6 is 0 Å². The average Bonchev–Trinajstić information content (AvgIpc) is 3.20. The molecule has 5 heteroatoms. The highest BCUT2D eigenvalue weighted by Crippen LogP contribution is 2.29. The molecule has 5 nitrogen and oxygen atoms in total. The van der Waals surface area contributed by atoms with Gasteiger partial charge in [-0.3, -0.25) is 9.91 Å². The minimum Gasteiger partial charge on any atom is -0.368 e. The monoisotopic (exact) mass is 387 g/mol. The lowest BCUT2D eigenvalue weighted by molar-refractivity contribution is 0.253. The molecule has 3 aromatic carbocycles. The number of unbranched alkanes of at least 4 members (excludes halogenated alkanes) is 1. The van der Waals surface area contributed by atoms with E-state index in [2.05, 4.69) is 92.5 Å². The second-order valence-electron chi connectivity index (χ2n) is 7.94. The fourth-order valence-electron chi connectivity index (χ4n) is 4.48. The van der Waals surface area contributed by atoms with Crippen LogP contribution in [0.5, 0.6) is 0 Å². The first-order chi connectivity index (χ1) is 14.4. The van der Waals surface area contributed by atoms with Crippen LogP contribution < -0.4 is 20.9 Å². The number of piperazine rings is 1. The molecule has 1 saturated heterocycles. The van der Waals surface area contributed by atoms with Crippen LogP contribution in [0.4, 0.5) is 17.1 Å². The van der Waals surface area contributed by atoms with Gasteiger partial charge in [-0.25, -0.2) is 0 Å². The summed E-state index contributed by atoms with van der Waals surface area (Å²) in [5, 5.41) is 4.92. The van der Waals surface area contributed by atoms with Gasteiger partial charge >= 0.3 is 0 Å². The Balaban J connectivity index is 1.09. The van der Waals surface area contributed by atoms with E-state index >= 15 is 0 Å². The van der Waals surface area contributed by atoms with Crippen LogP contribution in [-0.2, 0) is 0 Å². The molecule has 0 atom stereocenters. The third-order valence-electron chi connectivity index (χ3n) is 6.11. The SMILES string of the molecule is c1ccc2c(c1)NNN2CCCCN1CCN(c2cccc3ccccc23)CC1. The number of fused-ring (bicyclic) bond motifs is 2. The number of nitrogens with zero attached hydrogens (tertiary/aromatic N) is 3. The van der Waals surface area contributed by atoms with E-state index in [0.717, 1.165) is 38.4 Å². The summed E-state index contributed by atoms with van der Waals surface area (Å²) in [5.74, 6) is 0. The van der Waals surface area contributed by atoms with Crippen molar-refractivity contribution in [1.29, 1.82) is 0 Å². The van der Waals surface area contributed by atoms with E-state index in [1.807, 2.05) is 0 Å². The standard InChI is InChI=1S/C24H29N5/c1-2-10-21-20(8-1)9-7-13-23(21)28-18-16-27(17-19-28)14-5-6-15-29-24-12-4-3-11-22(24)25-26-29/h1-4,7-13,25-26H,5-6,14-19H2. The van der Waals surface area contributed by atoms with E-state index in [9.17, 15) is 0 Å². The third-order valence-corrected chi connectivity index (χ3v) is 6.11. The predicted octanol–water partition coefficient (Wildman–Crippen LogP) is 4.09. The lowest BCUT2D eigenvalue weighted by Gasteiger charge is -2.36. The van der Waals surface area contributed by atoms with Crippen LogP contribution in [0.15, 0.2) is 66.7 Å². The molecular formula is C24H29N5. The molecule has 1 fully saturated rings. The number of hydrogen-bond donors (Lipinski definition) is 2. The molecule has 2 N–H and O–H groups in total. The first-order valence-corrected chi connectivity index (χ1v) is 10.7. The number of nitrogens with one attached hydrogen (secondary N) is 2. The summed E-state index contributed by atoms with van der Waals surface area (Å²) >= 11 is 0. The number of anilines is 3. The molecule has 2 aliphatic heterocycles. The molecule has 0 aliphatic carbocycles. The Labute approximate surface area is 172 Å². The van der Waals surface area contributed by atoms with Gasteiger partial charge in [0.15, 0.2) is 0 Å². The Morgan fingerprint density at radius 1 is 0.690 bits per heavy atom. The van der Waals surface area contributed by atoms with Crippen LogP contribution in [0.25, 0.3) is 10.8 Å². The van der Waals surface area contributed by atoms with E-state index in [1.54, 1.807) is 0 Å². The maximum absolute atomic E-state index is 3.26. The molecule has 3 aromatic rings. The topological polar surface area (TPSA) is 33.8 Å². The van der Waals surface area contributed by atoms with Crippen LogP contribution in [0.2, 0.25) is 0 Å². The Bertz CT molecular complexity index is 959. The molecule has 5 rings (SSSR count). The quantitative estimate of drug-likeness (QED) is 0.623. The molecule has 2 aliphatic rings. The van der Waals surface area contributed by atoms with E-state index in [4.69, 9.17) is 0 Å². The average molecular weight is 388 g/mol. The van der Waals surface area contributed by atoms with Gasteiger partial charge in [0, 0.05) is 43.8 Å². The van der Waals surface area contributed by atoms with Crippen molar-refractivity contribution in [3.05, 3.63) is 66.7 Å². The van der Waals surface area contributed by atoms with E-state index in [0.29, 0.717) is 0 Å². The Morgan fingerprint density at radius 3 is 2.34 bits per heavy atom. The van der Waals surface area contributed by atoms with Crippen molar-refractivity contribution < 1.29 is 0 Å². The van der Waals surface area contributed by atoms with Gasteiger partial charge in [-0.1, -0.05) is 48.5 Å². The number of rotatable bonds is 6. The first-order valence-electron chi connectivity index (χ1n) is 10.7. The number of benzene rings is 3. The summed E-state index contributed by atoms with van der Waals surface area (Å²) < 4.78 is 0. The zero-order valence-corrected chi connectivity index (χ0v) is 16.8. The Morgan fingerprint density at radius 2 is 1.41 bits per heavy atom. The fraction of sp³-hybridized carbons (Fsp3) is 0.333. The number of para-hydroxylation sites is 2. The van der Waals surface area contributed by atoms with Gasteiger partial charge in [0.05, 0.1) is 11.4 Å². The van der Waals surface area contributed by atoms with Crippen molar-refractivity contribution in [3.63, 3.8) is 0 Å². The minimum absolute atomic E-state index is 1.03. The Hall–Kier alpha value is -2.76. The van der Waals surface area contributed by atoms with Gasteiger partial charge in [0.1, 0.15) is 0 Å². The lowest BCUT2D eigenvalue weighted by atomic mass is 10.1. The smallest absolute Gasteiger partial charge is 0.0782 e. The van der Waals surface area contributed by atoms with Crippen LogP contribution in [0, 0.1) is 0 Å². The molecule has 0 spiro atoms. The summed E-state index contributed by atoms with van der Waals surface area (Å²) in [6, 6.07) is 23.8. The van der Waals surface area contributed by atoms with Gasteiger partial charge in [-0.2, -0.15) is 0 Å². The van der Waals surface area contributed by atoms with Crippen molar-refractivity contribution in [2.24, 2.45) is 0 Å². The van der Waals surface area contributed by atoms with Crippen molar-refractivity contribution in [2.75, 3.05) is 54.6 Å². The predicted molar refractivity (Wildman–Crippen MR) is 122 cm³/mol. The summed E-state index contributed by atoms with van der Waals surface area (Å²) in [6.07, 6.45) is 2.42. The second-order valence-corrected chi connectivity index (χ2v) is 7.94. The normalized spacial score (nSPS) is 16.8. The summed E-state index contributed by atoms with van der Waals surface area (Å²) in [4.78, 5) is 5.17. The molecule has 0 bridgehead atoms. The zero-order chi connectivity index (χ0) is 19.5. The third kappa shape index (κ3) is 3.88. The fourth-order valence-corrected chi connectivity index (χ4v) is 4.48. The van der Waals surface area contributed by atoms with Gasteiger partial charge in [0.25, 0.3) is 0 Å². The molecule has 150 valence electrons. The van der Waals surface area contributed by atoms with Gasteiger partial charge < -0.3 is 10.3 Å². The summed E-state index contributed by atoms with van der Waals surface area (Å²) in [5.41, 5.74) is 10.3. The van der Waals surface area contributed by atoms with E-state index in [1.165, 1.54) is 41.5 Å². The molecule has 2 heterocycles. The highest BCUT2D eigenvalue weighted by molar-refractivity contribution is 5.94. The maximum atomic E-state index is 3.26. The van der Waals surface area contributed by atoms with Gasteiger partial charge in [-0.05, 0) is 43.0 Å². The minimum atomic E-state index is 1.03. The molecule has 0 unspecified atom stereocenters. The Kier molecular flexibility index (Phi) is 5.24. The second kappa shape index (κ2) is 8.31. The van der Waals surface area contributed by atoms with Crippen molar-refractivity contribution >= 4 is 27.8 Å². The molecule has 0 radical (unpaired) electrons. The first kappa shape index (κ1) is 18.3.